The lowest BCUT2D eigenvalue weighted by Crippen LogP contribution is -1.97. The molecule has 7 aromatic rings. The normalized spacial score (nSPS) is 11.2. The van der Waals surface area contributed by atoms with Crippen LogP contribution in [-0.4, -0.2) is 9.97 Å². The summed E-state index contributed by atoms with van der Waals surface area (Å²) in [6.45, 7) is 0. The van der Waals surface area contributed by atoms with Gasteiger partial charge in [-0.15, -0.1) is 0 Å². The van der Waals surface area contributed by atoms with Gasteiger partial charge in [-0.3, -0.25) is 0 Å². The average Bonchev–Trinajstić information content (AvgIpc) is 3.36. The van der Waals surface area contributed by atoms with Gasteiger partial charge in [0.25, 0.3) is 0 Å². The van der Waals surface area contributed by atoms with Gasteiger partial charge in [-0.1, -0.05) is 127 Å². The molecule has 174 valence electrons. The fourth-order valence-corrected chi connectivity index (χ4v) is 5.05. The van der Waals surface area contributed by atoms with E-state index < -0.39 is 0 Å². The highest BCUT2D eigenvalue weighted by Gasteiger charge is 2.21. The van der Waals surface area contributed by atoms with Gasteiger partial charge in [-0.2, -0.15) is 4.98 Å². The quantitative estimate of drug-likeness (QED) is 0.255. The van der Waals surface area contributed by atoms with Crippen LogP contribution in [0.2, 0.25) is 0 Å². The third-order valence-electron chi connectivity index (χ3n) is 6.76. The molecule has 0 N–H and O–H groups in total. The van der Waals surface area contributed by atoms with E-state index >= 15 is 0 Å². The molecular weight excluding hydrogens is 452 g/mol. The second kappa shape index (κ2) is 8.89. The third kappa shape index (κ3) is 3.69. The molecule has 0 saturated carbocycles. The predicted molar refractivity (Wildman–Crippen MR) is 151 cm³/mol. The van der Waals surface area contributed by atoms with Crippen molar-refractivity contribution in [3.63, 3.8) is 0 Å². The maximum atomic E-state index is 6.32. The zero-order valence-corrected chi connectivity index (χ0v) is 20.0. The minimum Gasteiger partial charge on any atom is -0.438 e. The summed E-state index contributed by atoms with van der Waals surface area (Å²) in [5.74, 6) is 0.642. The number of rotatable bonds is 4. The largest absolute Gasteiger partial charge is 0.438 e. The van der Waals surface area contributed by atoms with Crippen LogP contribution in [0.25, 0.3) is 67.0 Å². The Bertz CT molecular complexity index is 1870. The van der Waals surface area contributed by atoms with Crippen LogP contribution >= 0.6 is 0 Å². The van der Waals surface area contributed by atoms with Crippen molar-refractivity contribution < 1.29 is 4.42 Å². The molecule has 0 radical (unpaired) electrons. The number of hydrogen-bond donors (Lipinski definition) is 0. The van der Waals surface area contributed by atoms with Gasteiger partial charge in [-0.05, 0) is 28.3 Å². The highest BCUT2D eigenvalue weighted by molar-refractivity contribution is 6.12. The summed E-state index contributed by atoms with van der Waals surface area (Å²) in [5, 5.41) is 1.94. The van der Waals surface area contributed by atoms with E-state index in [1.165, 1.54) is 0 Å². The molecular formula is C34H22N2O. The van der Waals surface area contributed by atoms with Gasteiger partial charge in [-0.25, -0.2) is 4.98 Å². The van der Waals surface area contributed by atoms with Crippen LogP contribution in [0.3, 0.4) is 0 Å². The molecule has 0 aliphatic carbocycles. The van der Waals surface area contributed by atoms with E-state index in [0.717, 1.165) is 55.4 Å². The first-order valence-corrected chi connectivity index (χ1v) is 12.4. The van der Waals surface area contributed by atoms with E-state index in [0.29, 0.717) is 11.5 Å². The maximum Gasteiger partial charge on any atom is 0.231 e. The monoisotopic (exact) mass is 474 g/mol. The van der Waals surface area contributed by atoms with E-state index in [2.05, 4.69) is 97.1 Å². The second-order valence-electron chi connectivity index (χ2n) is 9.00. The minimum absolute atomic E-state index is 0.590. The lowest BCUT2D eigenvalue weighted by molar-refractivity contribution is 0.653. The Balaban J connectivity index is 1.56. The van der Waals surface area contributed by atoms with Gasteiger partial charge >= 0.3 is 0 Å². The Morgan fingerprint density at radius 1 is 0.432 bits per heavy atom. The zero-order valence-electron chi connectivity index (χ0n) is 20.0. The summed E-state index contributed by atoms with van der Waals surface area (Å²) in [7, 11) is 0. The van der Waals surface area contributed by atoms with Crippen LogP contribution in [0, 0.1) is 0 Å². The van der Waals surface area contributed by atoms with Crippen molar-refractivity contribution in [3.8, 4) is 44.9 Å². The predicted octanol–water partition coefficient (Wildman–Crippen LogP) is 9.04. The number of aromatic nitrogens is 2. The molecule has 37 heavy (non-hydrogen) atoms. The first-order valence-electron chi connectivity index (χ1n) is 12.4. The van der Waals surface area contributed by atoms with Crippen LogP contribution in [-0.2, 0) is 0 Å². The number of nitrogens with zero attached hydrogens (tertiary/aromatic N) is 2. The number of furan rings is 1. The molecule has 0 atom stereocenters. The second-order valence-corrected chi connectivity index (χ2v) is 9.00. The van der Waals surface area contributed by atoms with Gasteiger partial charge in [0.05, 0.1) is 11.1 Å². The molecule has 0 aliphatic rings. The lowest BCUT2D eigenvalue weighted by Gasteiger charge is -2.13. The van der Waals surface area contributed by atoms with Crippen LogP contribution in [0.15, 0.2) is 138 Å². The Hall–Kier alpha value is -5.02. The molecule has 0 amide bonds. The van der Waals surface area contributed by atoms with Gasteiger partial charge in [0.15, 0.2) is 5.82 Å². The smallest absolute Gasteiger partial charge is 0.231 e. The summed E-state index contributed by atoms with van der Waals surface area (Å²) >= 11 is 0. The summed E-state index contributed by atoms with van der Waals surface area (Å²) in [5.41, 5.74) is 8.75. The molecule has 2 heterocycles. The molecule has 7 rings (SSSR count). The molecule has 2 aromatic heterocycles. The number of para-hydroxylation sites is 1. The van der Waals surface area contributed by atoms with Crippen molar-refractivity contribution in [2.45, 2.75) is 0 Å². The maximum absolute atomic E-state index is 6.32. The molecule has 0 fully saturated rings. The SMILES string of the molecule is c1ccc(-c2ccccc2-c2nc(-c3ccccc3-c3ccccc3)c3c(n2)oc2ccccc23)cc1. The molecule has 0 aliphatic heterocycles. The molecule has 0 saturated heterocycles. The van der Waals surface area contributed by atoms with E-state index in [1.54, 1.807) is 0 Å². The van der Waals surface area contributed by atoms with Gasteiger partial charge in [0.1, 0.15) is 5.58 Å². The van der Waals surface area contributed by atoms with Crippen LogP contribution in [0.1, 0.15) is 0 Å². The highest BCUT2D eigenvalue weighted by atomic mass is 16.3. The van der Waals surface area contributed by atoms with E-state index in [4.69, 9.17) is 14.4 Å². The number of benzene rings is 5. The lowest BCUT2D eigenvalue weighted by atomic mass is 9.95. The molecule has 0 unspecified atom stereocenters. The molecule has 5 aromatic carbocycles. The fraction of sp³-hybridized carbons (Fsp3) is 0. The first-order chi connectivity index (χ1) is 18.4. The minimum atomic E-state index is 0.590. The first kappa shape index (κ1) is 21.3. The van der Waals surface area contributed by atoms with E-state index in [1.807, 2.05) is 36.4 Å². The van der Waals surface area contributed by atoms with Crippen LogP contribution in [0.4, 0.5) is 0 Å². The van der Waals surface area contributed by atoms with Crippen molar-refractivity contribution in [1.82, 2.24) is 9.97 Å². The van der Waals surface area contributed by atoms with Crippen molar-refractivity contribution in [2.75, 3.05) is 0 Å². The Labute approximate surface area is 214 Å². The average molecular weight is 475 g/mol. The van der Waals surface area contributed by atoms with Gasteiger partial charge < -0.3 is 4.42 Å². The van der Waals surface area contributed by atoms with Crippen molar-refractivity contribution >= 4 is 22.1 Å². The van der Waals surface area contributed by atoms with Crippen LogP contribution < -0.4 is 0 Å². The standard InChI is InChI=1S/C34H22N2O/c1-3-13-23(14-4-1)25-17-7-9-19-27(25)32-31-29-21-11-12-22-30(29)37-34(31)36-33(35-32)28-20-10-8-18-26(28)24-15-5-2-6-16-24/h1-22H. The molecule has 0 spiro atoms. The van der Waals surface area contributed by atoms with Crippen LogP contribution in [0.5, 0.6) is 0 Å². The summed E-state index contributed by atoms with van der Waals surface area (Å²) in [6.07, 6.45) is 0. The third-order valence-corrected chi connectivity index (χ3v) is 6.76. The molecule has 3 heteroatoms. The Morgan fingerprint density at radius 2 is 0.946 bits per heavy atom. The Kier molecular flexibility index (Phi) is 5.11. The van der Waals surface area contributed by atoms with Crippen molar-refractivity contribution in [2.24, 2.45) is 0 Å². The molecule has 3 nitrogen and oxygen atoms in total. The van der Waals surface area contributed by atoms with E-state index in [9.17, 15) is 0 Å². The summed E-state index contributed by atoms with van der Waals surface area (Å²) in [6, 6.07) is 45.6. The van der Waals surface area contributed by atoms with Crippen molar-refractivity contribution in [3.05, 3.63) is 133 Å². The van der Waals surface area contributed by atoms with E-state index in [-0.39, 0.29) is 0 Å². The van der Waals surface area contributed by atoms with Gasteiger partial charge in [0, 0.05) is 16.5 Å². The number of fused-ring (bicyclic) bond motifs is 3. The number of hydrogen-bond acceptors (Lipinski definition) is 3. The van der Waals surface area contributed by atoms with Gasteiger partial charge in [0.2, 0.25) is 5.71 Å². The zero-order chi connectivity index (χ0) is 24.6. The summed E-state index contributed by atoms with van der Waals surface area (Å²) < 4.78 is 6.32. The highest BCUT2D eigenvalue weighted by Crippen LogP contribution is 2.41. The topological polar surface area (TPSA) is 38.9 Å². The fourth-order valence-electron chi connectivity index (χ4n) is 5.05. The Morgan fingerprint density at radius 3 is 1.62 bits per heavy atom. The summed E-state index contributed by atoms with van der Waals surface area (Å²) in [4.78, 5) is 10.2. The van der Waals surface area contributed by atoms with Crippen molar-refractivity contribution in [1.29, 1.82) is 0 Å². The molecule has 0 bridgehead atoms.